The highest BCUT2D eigenvalue weighted by atomic mass is 79.9. The molecule has 0 bridgehead atoms. The first-order chi connectivity index (χ1) is 15.5. The van der Waals surface area contributed by atoms with Gasteiger partial charge in [0.1, 0.15) is 17.1 Å². The summed E-state index contributed by atoms with van der Waals surface area (Å²) in [5.74, 6) is 0.622. The van der Waals surface area contributed by atoms with Gasteiger partial charge < -0.3 is 19.4 Å². The largest absolute Gasteiger partial charge is 0.521 e. The van der Waals surface area contributed by atoms with Gasteiger partial charge in [-0.05, 0) is 88.9 Å². The molecule has 0 spiro atoms. The lowest BCUT2D eigenvalue weighted by Crippen LogP contribution is -2.34. The third-order valence-electron chi connectivity index (χ3n) is 4.43. The van der Waals surface area contributed by atoms with Crippen LogP contribution in [0, 0.1) is 0 Å². The van der Waals surface area contributed by atoms with Gasteiger partial charge in [-0.2, -0.15) is 0 Å². The Bertz CT molecular complexity index is 1160. The van der Waals surface area contributed by atoms with E-state index in [1.54, 1.807) is 26.0 Å². The van der Waals surface area contributed by atoms with Crippen LogP contribution in [0.4, 0.5) is 16.2 Å². The van der Waals surface area contributed by atoms with Crippen molar-refractivity contribution in [2.75, 3.05) is 17.7 Å². The number of amides is 1. The van der Waals surface area contributed by atoms with Crippen LogP contribution < -0.4 is 20.0 Å². The Balaban J connectivity index is 1.44. The number of carbonyl (C=O) groups is 1. The molecule has 0 aromatic heterocycles. The lowest BCUT2D eigenvalue weighted by molar-refractivity contribution is 0.0418. The second-order valence-electron chi connectivity index (χ2n) is 7.38. The Kier molecular flexibility index (Phi) is 7.75. The average Bonchev–Trinajstić information content (AvgIpc) is 2.70. The topological polar surface area (TPSA) is 139 Å². The van der Waals surface area contributed by atoms with Gasteiger partial charge in [0, 0.05) is 20.7 Å². The van der Waals surface area contributed by atoms with Crippen molar-refractivity contribution < 1.29 is 31.2 Å². The van der Waals surface area contributed by atoms with Crippen LogP contribution >= 0.6 is 31.9 Å². The number of nitrogen functional groups attached to an aromatic ring is 1. The number of cyclic esters (lactones) is 1. The highest BCUT2D eigenvalue weighted by Crippen LogP contribution is 2.37. The van der Waals surface area contributed by atoms with Crippen LogP contribution in [0.5, 0.6) is 11.5 Å². The van der Waals surface area contributed by atoms with Gasteiger partial charge in [-0.1, -0.05) is 5.16 Å². The summed E-state index contributed by atoms with van der Waals surface area (Å²) < 4.78 is 45.0. The van der Waals surface area contributed by atoms with E-state index in [-0.39, 0.29) is 5.75 Å². The van der Waals surface area contributed by atoms with Crippen LogP contribution in [0.2, 0.25) is 0 Å². The monoisotopic (exact) mass is 605 g/mol. The molecule has 10 nitrogen and oxygen atoms in total. The van der Waals surface area contributed by atoms with Crippen molar-refractivity contribution in [3.05, 3.63) is 44.8 Å². The van der Waals surface area contributed by atoms with Gasteiger partial charge in [0.15, 0.2) is 0 Å². The number of nitrogens with two attached hydrogens (primary N) is 1. The van der Waals surface area contributed by atoms with Gasteiger partial charge in [-0.3, -0.25) is 5.32 Å². The molecule has 2 aromatic carbocycles. The molecule has 1 aliphatic heterocycles. The summed E-state index contributed by atoms with van der Waals surface area (Å²) in [5.41, 5.74) is 6.87. The van der Waals surface area contributed by atoms with E-state index in [0.717, 1.165) is 5.56 Å². The van der Waals surface area contributed by atoms with Crippen molar-refractivity contribution in [3.8, 4) is 11.5 Å². The van der Waals surface area contributed by atoms with Crippen LogP contribution in [-0.2, 0) is 25.0 Å². The molecule has 0 fully saturated rings. The standard InChI is InChI=1S/C20H21Br2N3O7S/c1-20(2)14-9-12(5-6-17(14)25-19(26)30-20)29-8-4-3-7-24-32-33(27,28)31-13-10-15(21)18(23)16(22)11-13/h5-7,9-11H,3-4,8,23H2,1-2H3,(H,25,26). The van der Waals surface area contributed by atoms with E-state index in [1.807, 2.05) is 6.07 Å². The molecule has 33 heavy (non-hydrogen) atoms. The Morgan fingerprint density at radius 1 is 1.18 bits per heavy atom. The molecule has 1 amide bonds. The number of ether oxygens (including phenoxy) is 2. The first kappa shape index (κ1) is 25.1. The molecule has 0 saturated carbocycles. The van der Waals surface area contributed by atoms with Gasteiger partial charge in [0.25, 0.3) is 0 Å². The first-order valence-electron chi connectivity index (χ1n) is 9.63. The Morgan fingerprint density at radius 3 is 2.58 bits per heavy atom. The van der Waals surface area contributed by atoms with E-state index in [1.165, 1.54) is 18.3 Å². The second-order valence-corrected chi connectivity index (χ2v) is 10.2. The fraction of sp³-hybridized carbons (Fsp3) is 0.300. The van der Waals surface area contributed by atoms with Crippen LogP contribution in [0.15, 0.2) is 44.4 Å². The fourth-order valence-corrected chi connectivity index (χ4v) is 4.56. The number of halogens is 2. The number of anilines is 2. The van der Waals surface area contributed by atoms with Crippen molar-refractivity contribution in [2.24, 2.45) is 5.16 Å². The van der Waals surface area contributed by atoms with Gasteiger partial charge in [0.2, 0.25) is 0 Å². The summed E-state index contributed by atoms with van der Waals surface area (Å²) >= 11 is 6.40. The highest BCUT2D eigenvalue weighted by molar-refractivity contribution is 9.11. The SMILES string of the molecule is CC1(C)OC(=O)Nc2ccc(OCCCC=NOS(=O)(=O)Oc3cc(Br)c(N)c(Br)c3)cc21. The molecule has 2 aromatic rings. The molecule has 3 N–H and O–H groups in total. The number of nitrogens with one attached hydrogen (secondary N) is 1. The van der Waals surface area contributed by atoms with Gasteiger partial charge in [-0.25, -0.2) is 9.08 Å². The predicted octanol–water partition coefficient (Wildman–Crippen LogP) is 5.08. The van der Waals surface area contributed by atoms with Crippen molar-refractivity contribution in [3.63, 3.8) is 0 Å². The van der Waals surface area contributed by atoms with E-state index < -0.39 is 22.1 Å². The molecular weight excluding hydrogens is 586 g/mol. The average molecular weight is 607 g/mol. The molecule has 1 heterocycles. The number of hydrogen-bond donors (Lipinski definition) is 2. The number of oxime groups is 1. The molecule has 1 aliphatic rings. The van der Waals surface area contributed by atoms with Crippen LogP contribution in [0.25, 0.3) is 0 Å². The van der Waals surface area contributed by atoms with Crippen molar-refractivity contribution in [2.45, 2.75) is 32.3 Å². The van der Waals surface area contributed by atoms with Gasteiger partial charge in [-0.15, -0.1) is 8.42 Å². The number of unbranched alkanes of at least 4 members (excludes halogenated alkanes) is 1. The zero-order chi connectivity index (χ0) is 24.2. The molecule has 13 heteroatoms. The van der Waals surface area contributed by atoms with Crippen molar-refractivity contribution >= 4 is 65.9 Å². The fourth-order valence-electron chi connectivity index (χ4n) is 2.89. The maximum atomic E-state index is 11.9. The van der Waals surface area contributed by atoms with Crippen molar-refractivity contribution in [1.29, 1.82) is 0 Å². The van der Waals surface area contributed by atoms with E-state index in [9.17, 15) is 13.2 Å². The van der Waals surface area contributed by atoms with E-state index in [0.29, 0.717) is 45.5 Å². The van der Waals surface area contributed by atoms with E-state index in [4.69, 9.17) is 19.4 Å². The summed E-state index contributed by atoms with van der Waals surface area (Å²) in [5, 5.41) is 6.08. The Morgan fingerprint density at radius 2 is 1.88 bits per heavy atom. The Hall–Kier alpha value is -2.51. The lowest BCUT2D eigenvalue weighted by atomic mass is 9.94. The number of benzene rings is 2. The molecule has 0 radical (unpaired) electrons. The minimum Gasteiger partial charge on any atom is -0.494 e. The molecular formula is C20H21Br2N3O7S. The maximum absolute atomic E-state index is 11.9. The summed E-state index contributed by atoms with van der Waals surface area (Å²) in [6.45, 7) is 3.95. The smallest absolute Gasteiger partial charge is 0.494 e. The normalized spacial score (nSPS) is 14.8. The Labute approximate surface area is 208 Å². The third kappa shape index (κ3) is 6.74. The minimum absolute atomic E-state index is 0.00439. The number of nitrogens with zero attached hydrogens (tertiary/aromatic N) is 1. The molecule has 0 saturated heterocycles. The van der Waals surface area contributed by atoms with Crippen LogP contribution in [0.1, 0.15) is 32.3 Å². The summed E-state index contributed by atoms with van der Waals surface area (Å²) in [7, 11) is -4.39. The van der Waals surface area contributed by atoms with Gasteiger partial charge >= 0.3 is 16.5 Å². The molecule has 0 unspecified atom stereocenters. The predicted molar refractivity (Wildman–Crippen MR) is 130 cm³/mol. The zero-order valence-corrected chi connectivity index (χ0v) is 21.6. The number of fused-ring (bicyclic) bond motifs is 1. The number of carbonyl (C=O) groups excluding carboxylic acids is 1. The maximum Gasteiger partial charge on any atom is 0.521 e. The number of rotatable bonds is 9. The van der Waals surface area contributed by atoms with Crippen LogP contribution in [0.3, 0.4) is 0 Å². The molecule has 3 rings (SSSR count). The minimum atomic E-state index is -4.39. The summed E-state index contributed by atoms with van der Waals surface area (Å²) in [6.07, 6.45) is 1.77. The zero-order valence-electron chi connectivity index (χ0n) is 17.6. The van der Waals surface area contributed by atoms with E-state index in [2.05, 4.69) is 46.6 Å². The highest BCUT2D eigenvalue weighted by Gasteiger charge is 2.33. The van der Waals surface area contributed by atoms with Crippen molar-refractivity contribution in [1.82, 2.24) is 0 Å². The van der Waals surface area contributed by atoms with Crippen LogP contribution in [-0.4, -0.2) is 27.3 Å². The summed E-state index contributed by atoms with van der Waals surface area (Å²) in [6, 6.07) is 8.10. The lowest BCUT2D eigenvalue weighted by Gasteiger charge is -2.32. The second kappa shape index (κ2) is 10.2. The third-order valence-corrected chi connectivity index (χ3v) is 6.41. The molecule has 178 valence electrons. The van der Waals surface area contributed by atoms with Gasteiger partial charge in [0.05, 0.1) is 18.0 Å². The van der Waals surface area contributed by atoms with E-state index >= 15 is 0 Å². The number of hydrogen-bond acceptors (Lipinski definition) is 9. The summed E-state index contributed by atoms with van der Waals surface area (Å²) in [4.78, 5) is 11.6. The quantitative estimate of drug-likeness (QED) is 0.174. The molecule has 0 aliphatic carbocycles. The first-order valence-corrected chi connectivity index (χ1v) is 12.6. The molecule has 0 atom stereocenters.